The van der Waals surface area contributed by atoms with Crippen molar-refractivity contribution in [1.29, 1.82) is 0 Å². The molecule has 0 spiro atoms. The summed E-state index contributed by atoms with van der Waals surface area (Å²) in [6.45, 7) is 6.28. The number of hydrogen-bond donors (Lipinski definition) is 0. The molecule has 0 saturated carbocycles. The molecule has 2 rings (SSSR count). The second-order valence-corrected chi connectivity index (χ2v) is 4.77. The van der Waals surface area contributed by atoms with Crippen LogP contribution in [0.5, 0.6) is 0 Å². The van der Waals surface area contributed by atoms with Crippen molar-refractivity contribution in [2.45, 2.75) is 32.6 Å². The van der Waals surface area contributed by atoms with Crippen LogP contribution in [-0.4, -0.2) is 26.4 Å². The summed E-state index contributed by atoms with van der Waals surface area (Å²) in [6.07, 6.45) is 5.27. The van der Waals surface area contributed by atoms with Crippen molar-refractivity contribution >= 4 is 0 Å². The molecule has 0 bridgehead atoms. The molecule has 0 amide bonds. The second kappa shape index (κ2) is 5.13. The van der Waals surface area contributed by atoms with Gasteiger partial charge in [-0.25, -0.2) is 0 Å². The molecule has 0 aromatic rings. The van der Waals surface area contributed by atoms with Gasteiger partial charge < -0.3 is 9.47 Å². The van der Waals surface area contributed by atoms with E-state index in [1.54, 1.807) is 0 Å². The Bertz CT molecular complexity index is 164. The van der Waals surface area contributed by atoms with Crippen LogP contribution in [0, 0.1) is 17.8 Å². The monoisotopic (exact) mass is 198 g/mol. The molecule has 0 aliphatic carbocycles. The van der Waals surface area contributed by atoms with Crippen molar-refractivity contribution in [2.24, 2.45) is 17.8 Å². The molecule has 0 N–H and O–H groups in total. The van der Waals surface area contributed by atoms with Crippen LogP contribution in [0.1, 0.15) is 32.6 Å². The quantitative estimate of drug-likeness (QED) is 0.691. The zero-order chi connectivity index (χ0) is 9.80. The Morgan fingerprint density at radius 1 is 1.00 bits per heavy atom. The Labute approximate surface area is 87.0 Å². The smallest absolute Gasteiger partial charge is 0.0497 e. The molecule has 2 aliphatic rings. The first kappa shape index (κ1) is 10.4. The molecule has 2 nitrogen and oxygen atoms in total. The Hall–Kier alpha value is -0.0800. The summed E-state index contributed by atoms with van der Waals surface area (Å²) in [6, 6.07) is 0. The lowest BCUT2D eigenvalue weighted by atomic mass is 9.87. The van der Waals surface area contributed by atoms with Gasteiger partial charge in [0.25, 0.3) is 0 Å². The first-order chi connectivity index (χ1) is 6.90. The van der Waals surface area contributed by atoms with E-state index in [0.717, 1.165) is 44.2 Å². The average Bonchev–Trinajstić information content (AvgIpc) is 2.85. The molecule has 2 heteroatoms. The van der Waals surface area contributed by atoms with Gasteiger partial charge >= 0.3 is 0 Å². The van der Waals surface area contributed by atoms with Crippen molar-refractivity contribution in [3.05, 3.63) is 0 Å². The lowest BCUT2D eigenvalue weighted by molar-refractivity contribution is 0.173. The summed E-state index contributed by atoms with van der Waals surface area (Å²) in [5.41, 5.74) is 0. The molecule has 2 heterocycles. The number of rotatable bonds is 4. The third-order valence-corrected chi connectivity index (χ3v) is 3.82. The maximum Gasteiger partial charge on any atom is 0.0497 e. The van der Waals surface area contributed by atoms with E-state index in [1.807, 2.05) is 0 Å². The molecular formula is C12H22O2. The van der Waals surface area contributed by atoms with Crippen LogP contribution in [0.3, 0.4) is 0 Å². The fourth-order valence-electron chi connectivity index (χ4n) is 2.67. The van der Waals surface area contributed by atoms with Crippen LogP contribution < -0.4 is 0 Å². The van der Waals surface area contributed by atoms with E-state index in [-0.39, 0.29) is 0 Å². The van der Waals surface area contributed by atoms with E-state index in [0.29, 0.717) is 0 Å². The summed E-state index contributed by atoms with van der Waals surface area (Å²) >= 11 is 0. The topological polar surface area (TPSA) is 18.5 Å². The first-order valence-electron chi connectivity index (χ1n) is 6.05. The summed E-state index contributed by atoms with van der Waals surface area (Å²) in [5, 5.41) is 0. The third-order valence-electron chi connectivity index (χ3n) is 3.82. The minimum absolute atomic E-state index is 0.831. The molecular weight excluding hydrogens is 176 g/mol. The second-order valence-electron chi connectivity index (χ2n) is 4.77. The van der Waals surface area contributed by atoms with Crippen molar-refractivity contribution < 1.29 is 9.47 Å². The third kappa shape index (κ3) is 2.48. The lowest BCUT2D eigenvalue weighted by Gasteiger charge is -2.17. The number of hydrogen-bond acceptors (Lipinski definition) is 2. The predicted octanol–water partition coefficient (Wildman–Crippen LogP) is 2.48. The van der Waals surface area contributed by atoms with Gasteiger partial charge in [0, 0.05) is 26.4 Å². The Morgan fingerprint density at radius 3 is 2.57 bits per heavy atom. The Balaban J connectivity index is 1.68. The molecule has 1 unspecified atom stereocenters. The molecule has 2 aliphatic heterocycles. The highest BCUT2D eigenvalue weighted by Crippen LogP contribution is 2.30. The highest BCUT2D eigenvalue weighted by molar-refractivity contribution is 4.76. The van der Waals surface area contributed by atoms with E-state index in [2.05, 4.69) is 6.92 Å². The van der Waals surface area contributed by atoms with Crippen LogP contribution in [0.2, 0.25) is 0 Å². The number of ether oxygens (including phenoxy) is 2. The molecule has 2 fully saturated rings. The minimum Gasteiger partial charge on any atom is -0.381 e. The zero-order valence-corrected chi connectivity index (χ0v) is 9.21. The zero-order valence-electron chi connectivity index (χ0n) is 9.21. The van der Waals surface area contributed by atoms with E-state index in [4.69, 9.17) is 9.47 Å². The Morgan fingerprint density at radius 2 is 1.86 bits per heavy atom. The van der Waals surface area contributed by atoms with Gasteiger partial charge in [-0.2, -0.15) is 0 Å². The molecule has 82 valence electrons. The molecule has 0 aromatic carbocycles. The van der Waals surface area contributed by atoms with Crippen molar-refractivity contribution in [1.82, 2.24) is 0 Å². The van der Waals surface area contributed by atoms with Gasteiger partial charge in [0.2, 0.25) is 0 Å². The lowest BCUT2D eigenvalue weighted by Crippen LogP contribution is -2.13. The minimum atomic E-state index is 0.831. The summed E-state index contributed by atoms with van der Waals surface area (Å²) < 4.78 is 10.9. The van der Waals surface area contributed by atoms with Gasteiger partial charge in [-0.1, -0.05) is 13.3 Å². The SMILES string of the molecule is CC[C@@H]1COCC1CC[C@@H]1CCOC1. The van der Waals surface area contributed by atoms with Gasteiger partial charge in [0.1, 0.15) is 0 Å². The Kier molecular flexibility index (Phi) is 3.82. The summed E-state index contributed by atoms with van der Waals surface area (Å²) in [7, 11) is 0. The first-order valence-corrected chi connectivity index (χ1v) is 6.05. The summed E-state index contributed by atoms with van der Waals surface area (Å²) in [5.74, 6) is 2.51. The highest BCUT2D eigenvalue weighted by Gasteiger charge is 2.27. The van der Waals surface area contributed by atoms with E-state index < -0.39 is 0 Å². The van der Waals surface area contributed by atoms with E-state index in [9.17, 15) is 0 Å². The van der Waals surface area contributed by atoms with Gasteiger partial charge in [0.15, 0.2) is 0 Å². The molecule has 0 radical (unpaired) electrons. The molecule has 0 aromatic heterocycles. The molecule has 14 heavy (non-hydrogen) atoms. The average molecular weight is 198 g/mol. The van der Waals surface area contributed by atoms with Crippen LogP contribution in [0.4, 0.5) is 0 Å². The van der Waals surface area contributed by atoms with Gasteiger partial charge in [0.05, 0.1) is 0 Å². The molecule has 3 atom stereocenters. The predicted molar refractivity (Wildman–Crippen MR) is 56.3 cm³/mol. The van der Waals surface area contributed by atoms with E-state index in [1.165, 1.54) is 25.7 Å². The van der Waals surface area contributed by atoms with Crippen LogP contribution in [0.25, 0.3) is 0 Å². The summed E-state index contributed by atoms with van der Waals surface area (Å²) in [4.78, 5) is 0. The fraction of sp³-hybridized carbons (Fsp3) is 1.00. The van der Waals surface area contributed by atoms with Crippen molar-refractivity contribution in [2.75, 3.05) is 26.4 Å². The highest BCUT2D eigenvalue weighted by atomic mass is 16.5. The standard InChI is InChI=1S/C12H22O2/c1-2-11-8-14-9-12(11)4-3-10-5-6-13-7-10/h10-12H,2-9H2,1H3/t10-,11-,12?/m1/s1. The fourth-order valence-corrected chi connectivity index (χ4v) is 2.67. The largest absolute Gasteiger partial charge is 0.381 e. The van der Waals surface area contributed by atoms with Crippen molar-refractivity contribution in [3.63, 3.8) is 0 Å². The van der Waals surface area contributed by atoms with E-state index >= 15 is 0 Å². The van der Waals surface area contributed by atoms with Gasteiger partial charge in [-0.15, -0.1) is 0 Å². The normalized spacial score (nSPS) is 37.9. The van der Waals surface area contributed by atoms with Crippen LogP contribution in [0.15, 0.2) is 0 Å². The van der Waals surface area contributed by atoms with Crippen LogP contribution >= 0.6 is 0 Å². The van der Waals surface area contributed by atoms with Crippen molar-refractivity contribution in [3.8, 4) is 0 Å². The van der Waals surface area contributed by atoms with Crippen LogP contribution in [-0.2, 0) is 9.47 Å². The molecule has 2 saturated heterocycles. The maximum absolute atomic E-state index is 5.54. The maximum atomic E-state index is 5.54. The van der Waals surface area contributed by atoms with Gasteiger partial charge in [-0.3, -0.25) is 0 Å². The van der Waals surface area contributed by atoms with Gasteiger partial charge in [-0.05, 0) is 37.0 Å².